The third kappa shape index (κ3) is 2.60. The quantitative estimate of drug-likeness (QED) is 0.638. The van der Waals surface area contributed by atoms with Gasteiger partial charge in [0.1, 0.15) is 10.7 Å². The molecule has 0 saturated carbocycles. The number of nitro groups is 1. The molecule has 1 aromatic carbocycles. The molecule has 0 bridgehead atoms. The van der Waals surface area contributed by atoms with Gasteiger partial charge >= 0.3 is 5.69 Å². The third-order valence-corrected chi connectivity index (χ3v) is 3.38. The van der Waals surface area contributed by atoms with Crippen molar-refractivity contribution in [2.24, 2.45) is 0 Å². The molecule has 0 spiro atoms. The maximum Gasteiger partial charge on any atom is 0.310 e. The van der Waals surface area contributed by atoms with E-state index in [1.54, 1.807) is 29.6 Å². The van der Waals surface area contributed by atoms with Crippen molar-refractivity contribution in [3.63, 3.8) is 0 Å². The van der Waals surface area contributed by atoms with Gasteiger partial charge in [-0.2, -0.15) is 0 Å². The molecule has 2 rings (SSSR count). The van der Waals surface area contributed by atoms with E-state index < -0.39 is 4.92 Å². The number of benzene rings is 1. The average Bonchev–Trinajstić information content (AvgIpc) is 2.80. The molecule has 0 fully saturated rings. The largest absolute Gasteiger partial charge is 0.363 e. The number of nitro benzene ring substituents is 1. The SMILES string of the molecule is CN(Cc1cscn1)c1cccc(Cl)c1[N+](=O)[O-]. The Bertz CT molecular complexity index is 559. The highest BCUT2D eigenvalue weighted by Crippen LogP contribution is 2.34. The van der Waals surface area contributed by atoms with Crippen LogP contribution in [0.3, 0.4) is 0 Å². The highest BCUT2D eigenvalue weighted by atomic mass is 35.5. The number of nitrogens with zero attached hydrogens (tertiary/aromatic N) is 3. The lowest BCUT2D eigenvalue weighted by atomic mass is 10.2. The fraction of sp³-hybridized carbons (Fsp3) is 0.182. The van der Waals surface area contributed by atoms with Crippen molar-refractivity contribution in [3.05, 3.63) is 49.9 Å². The highest BCUT2D eigenvalue weighted by Gasteiger charge is 2.21. The summed E-state index contributed by atoms with van der Waals surface area (Å²) in [6, 6.07) is 4.89. The molecule has 94 valence electrons. The molecule has 5 nitrogen and oxygen atoms in total. The summed E-state index contributed by atoms with van der Waals surface area (Å²) in [5.74, 6) is 0. The number of rotatable bonds is 4. The van der Waals surface area contributed by atoms with Crippen LogP contribution in [0.15, 0.2) is 29.1 Å². The van der Waals surface area contributed by atoms with Gasteiger partial charge in [0, 0.05) is 12.4 Å². The normalized spacial score (nSPS) is 10.3. The number of anilines is 1. The van der Waals surface area contributed by atoms with Gasteiger partial charge in [0.15, 0.2) is 0 Å². The topological polar surface area (TPSA) is 59.3 Å². The van der Waals surface area contributed by atoms with E-state index in [0.717, 1.165) is 5.69 Å². The summed E-state index contributed by atoms with van der Waals surface area (Å²) in [4.78, 5) is 16.5. The summed E-state index contributed by atoms with van der Waals surface area (Å²) in [5, 5.41) is 13.1. The molecule has 0 radical (unpaired) electrons. The first-order chi connectivity index (χ1) is 8.59. The highest BCUT2D eigenvalue weighted by molar-refractivity contribution is 7.07. The summed E-state index contributed by atoms with van der Waals surface area (Å²) < 4.78 is 0. The number of hydrogen-bond donors (Lipinski definition) is 0. The molecule has 1 heterocycles. The first kappa shape index (κ1) is 12.8. The van der Waals surface area contributed by atoms with Crippen molar-refractivity contribution >= 4 is 34.3 Å². The van der Waals surface area contributed by atoms with E-state index in [4.69, 9.17) is 11.6 Å². The number of halogens is 1. The van der Waals surface area contributed by atoms with Gasteiger partial charge in [-0.3, -0.25) is 10.1 Å². The van der Waals surface area contributed by atoms with Gasteiger partial charge in [0.05, 0.1) is 22.7 Å². The minimum Gasteiger partial charge on any atom is -0.363 e. The van der Waals surface area contributed by atoms with Crippen molar-refractivity contribution < 1.29 is 4.92 Å². The van der Waals surface area contributed by atoms with E-state index in [0.29, 0.717) is 12.2 Å². The summed E-state index contributed by atoms with van der Waals surface area (Å²) in [7, 11) is 1.78. The number of para-hydroxylation sites is 1. The summed E-state index contributed by atoms with van der Waals surface area (Å²) in [5.41, 5.74) is 3.02. The summed E-state index contributed by atoms with van der Waals surface area (Å²) >= 11 is 7.36. The molecule has 7 heteroatoms. The number of hydrogen-bond acceptors (Lipinski definition) is 5. The predicted molar refractivity (Wildman–Crippen MR) is 72.3 cm³/mol. The zero-order valence-electron chi connectivity index (χ0n) is 9.54. The van der Waals surface area contributed by atoms with Gasteiger partial charge in [0.2, 0.25) is 0 Å². The molecular weight excluding hydrogens is 274 g/mol. The Labute approximate surface area is 113 Å². The standard InChI is InChI=1S/C11H10ClN3O2S/c1-14(5-8-6-18-7-13-8)10-4-2-3-9(12)11(10)15(16)17/h2-4,6-7H,5H2,1H3. The lowest BCUT2D eigenvalue weighted by Gasteiger charge is -2.18. The van der Waals surface area contributed by atoms with Gasteiger partial charge < -0.3 is 4.90 Å². The minimum absolute atomic E-state index is 0.0723. The fourth-order valence-corrected chi connectivity index (χ4v) is 2.42. The molecule has 1 aromatic heterocycles. The van der Waals surface area contributed by atoms with Crippen molar-refractivity contribution in [1.29, 1.82) is 0 Å². The average molecular weight is 284 g/mol. The van der Waals surface area contributed by atoms with E-state index in [-0.39, 0.29) is 10.7 Å². The second-order valence-corrected chi connectivity index (χ2v) is 4.83. The van der Waals surface area contributed by atoms with Crippen LogP contribution in [0.5, 0.6) is 0 Å². The lowest BCUT2D eigenvalue weighted by Crippen LogP contribution is -2.18. The summed E-state index contributed by atoms with van der Waals surface area (Å²) in [6.45, 7) is 0.505. The molecule has 0 unspecified atom stereocenters. The second-order valence-electron chi connectivity index (χ2n) is 3.70. The maximum atomic E-state index is 11.0. The van der Waals surface area contributed by atoms with Crippen LogP contribution in [-0.4, -0.2) is 17.0 Å². The number of aromatic nitrogens is 1. The predicted octanol–water partition coefficient (Wildman–Crippen LogP) is 3.34. The fourth-order valence-electron chi connectivity index (χ4n) is 1.64. The Hall–Kier alpha value is -1.66. The maximum absolute atomic E-state index is 11.0. The molecule has 0 amide bonds. The molecular formula is C11H10ClN3O2S. The van der Waals surface area contributed by atoms with E-state index >= 15 is 0 Å². The smallest absolute Gasteiger partial charge is 0.310 e. The van der Waals surface area contributed by atoms with Crippen molar-refractivity contribution in [3.8, 4) is 0 Å². The van der Waals surface area contributed by atoms with Crippen molar-refractivity contribution in [1.82, 2.24) is 4.98 Å². The molecule has 2 aromatic rings. The van der Waals surface area contributed by atoms with Gasteiger partial charge in [-0.25, -0.2) is 4.98 Å². The second kappa shape index (κ2) is 5.32. The zero-order valence-corrected chi connectivity index (χ0v) is 11.1. The van der Waals surface area contributed by atoms with Gasteiger partial charge in [0.25, 0.3) is 0 Å². The van der Waals surface area contributed by atoms with E-state index in [2.05, 4.69) is 4.98 Å². The van der Waals surface area contributed by atoms with E-state index in [9.17, 15) is 10.1 Å². The first-order valence-electron chi connectivity index (χ1n) is 5.10. The molecule has 0 aliphatic carbocycles. The van der Waals surface area contributed by atoms with Crippen molar-refractivity contribution in [2.45, 2.75) is 6.54 Å². The van der Waals surface area contributed by atoms with E-state index in [1.807, 2.05) is 5.38 Å². The van der Waals surface area contributed by atoms with Crippen LogP contribution in [-0.2, 0) is 6.54 Å². The third-order valence-electron chi connectivity index (χ3n) is 2.44. The molecule has 18 heavy (non-hydrogen) atoms. The monoisotopic (exact) mass is 283 g/mol. The van der Waals surface area contributed by atoms with Crippen LogP contribution < -0.4 is 4.90 Å². The zero-order chi connectivity index (χ0) is 13.1. The molecule has 0 aliphatic rings. The Morgan fingerprint density at radius 3 is 2.94 bits per heavy atom. The molecule has 0 saturated heterocycles. The molecule has 0 atom stereocenters. The Morgan fingerprint density at radius 2 is 2.33 bits per heavy atom. The Kier molecular flexibility index (Phi) is 3.78. The Morgan fingerprint density at radius 1 is 1.56 bits per heavy atom. The van der Waals surface area contributed by atoms with Crippen LogP contribution in [0.25, 0.3) is 0 Å². The number of thiazole rings is 1. The molecule has 0 aliphatic heterocycles. The lowest BCUT2D eigenvalue weighted by molar-refractivity contribution is -0.384. The molecule has 0 N–H and O–H groups in total. The van der Waals surface area contributed by atoms with Gasteiger partial charge in [-0.15, -0.1) is 11.3 Å². The summed E-state index contributed by atoms with van der Waals surface area (Å²) in [6.07, 6.45) is 0. The first-order valence-corrected chi connectivity index (χ1v) is 6.43. The van der Waals surface area contributed by atoms with E-state index in [1.165, 1.54) is 17.4 Å². The van der Waals surface area contributed by atoms with Crippen molar-refractivity contribution in [2.75, 3.05) is 11.9 Å². The van der Waals surface area contributed by atoms with Crippen LogP contribution in [0, 0.1) is 10.1 Å². The minimum atomic E-state index is -0.463. The Balaban J connectivity index is 2.32. The van der Waals surface area contributed by atoms with Crippen LogP contribution in [0.4, 0.5) is 11.4 Å². The van der Waals surface area contributed by atoms with Crippen LogP contribution in [0.1, 0.15) is 5.69 Å². The van der Waals surface area contributed by atoms with Crippen LogP contribution >= 0.6 is 22.9 Å². The van der Waals surface area contributed by atoms with Gasteiger partial charge in [-0.1, -0.05) is 17.7 Å². The van der Waals surface area contributed by atoms with Gasteiger partial charge in [-0.05, 0) is 12.1 Å². The van der Waals surface area contributed by atoms with Crippen LogP contribution in [0.2, 0.25) is 5.02 Å².